The highest BCUT2D eigenvalue weighted by Crippen LogP contribution is 2.31. The number of hydrogen-bond acceptors (Lipinski definition) is 3. The molecule has 2 aliphatic rings. The third-order valence-corrected chi connectivity index (χ3v) is 7.83. The number of nitrogens with one attached hydrogen (secondary N) is 2. The Morgan fingerprint density at radius 1 is 0.842 bits per heavy atom. The fourth-order valence-corrected chi connectivity index (χ4v) is 5.72. The number of rotatable bonds is 6. The van der Waals surface area contributed by atoms with Crippen LogP contribution in [0.3, 0.4) is 0 Å². The average molecular weight is 511 g/mol. The van der Waals surface area contributed by atoms with Crippen molar-refractivity contribution in [2.45, 2.75) is 46.0 Å². The van der Waals surface area contributed by atoms with E-state index in [1.165, 1.54) is 5.56 Å². The molecule has 0 radical (unpaired) electrons. The van der Waals surface area contributed by atoms with Crippen molar-refractivity contribution in [2.24, 2.45) is 5.92 Å². The van der Waals surface area contributed by atoms with E-state index in [0.717, 1.165) is 80.8 Å². The van der Waals surface area contributed by atoms with Gasteiger partial charge in [-0.3, -0.25) is 4.79 Å². The average Bonchev–Trinajstić information content (AvgIpc) is 3.46. The molecule has 3 aromatic carbocycles. The third-order valence-electron chi connectivity index (χ3n) is 7.83. The van der Waals surface area contributed by atoms with Gasteiger partial charge in [0.2, 0.25) is 0 Å². The second-order valence-electron chi connectivity index (χ2n) is 10.7. The van der Waals surface area contributed by atoms with Crippen LogP contribution in [0.4, 0.5) is 21.9 Å². The van der Waals surface area contributed by atoms with Crippen molar-refractivity contribution in [3.63, 3.8) is 0 Å². The summed E-state index contributed by atoms with van der Waals surface area (Å²) >= 11 is 0. The maximum atomic E-state index is 13.6. The fourth-order valence-electron chi connectivity index (χ4n) is 5.72. The molecule has 0 aromatic heterocycles. The Bertz CT molecular complexity index is 1280. The Kier molecular flexibility index (Phi) is 7.97. The summed E-state index contributed by atoms with van der Waals surface area (Å²) in [6.07, 6.45) is 5.40. The summed E-state index contributed by atoms with van der Waals surface area (Å²) in [4.78, 5) is 30.7. The zero-order chi connectivity index (χ0) is 26.5. The van der Waals surface area contributed by atoms with Crippen molar-refractivity contribution >= 4 is 29.0 Å². The zero-order valence-electron chi connectivity index (χ0n) is 22.5. The van der Waals surface area contributed by atoms with Crippen molar-refractivity contribution in [3.05, 3.63) is 89.0 Å². The van der Waals surface area contributed by atoms with Crippen LogP contribution in [-0.2, 0) is 6.42 Å². The molecule has 0 unspecified atom stereocenters. The van der Waals surface area contributed by atoms with Crippen LogP contribution in [0.5, 0.6) is 0 Å². The molecule has 0 saturated carbocycles. The molecule has 3 amide bonds. The number of amides is 3. The standard InChI is InChI=1S/C32H38N4O2/c1-23-10-12-29(24(2)20-23)34-32(38)33-27-11-13-30(28(22-27)31(37)36-16-6-7-17-36)35-18-14-26(15-19-35)21-25-8-4-3-5-9-25/h3-5,8-13,20,22,26H,6-7,14-19,21H2,1-2H3,(H2,33,34,38). The molecule has 2 heterocycles. The van der Waals surface area contributed by atoms with Crippen molar-refractivity contribution in [1.82, 2.24) is 4.90 Å². The Hall–Kier alpha value is -3.80. The van der Waals surface area contributed by atoms with E-state index in [2.05, 4.69) is 45.9 Å². The van der Waals surface area contributed by atoms with Gasteiger partial charge in [0.15, 0.2) is 0 Å². The van der Waals surface area contributed by atoms with E-state index in [4.69, 9.17) is 0 Å². The first-order valence-corrected chi connectivity index (χ1v) is 13.8. The fraction of sp³-hybridized carbons (Fsp3) is 0.375. The second-order valence-corrected chi connectivity index (χ2v) is 10.7. The van der Waals surface area contributed by atoms with E-state index >= 15 is 0 Å². The van der Waals surface area contributed by atoms with Crippen LogP contribution in [0.15, 0.2) is 66.7 Å². The molecule has 3 aromatic rings. The summed E-state index contributed by atoms with van der Waals surface area (Å²) in [5, 5.41) is 5.88. The molecule has 198 valence electrons. The lowest BCUT2D eigenvalue weighted by molar-refractivity contribution is 0.0793. The van der Waals surface area contributed by atoms with Crippen LogP contribution in [0, 0.1) is 19.8 Å². The summed E-state index contributed by atoms with van der Waals surface area (Å²) in [5.41, 5.74) is 6.60. The van der Waals surface area contributed by atoms with E-state index in [0.29, 0.717) is 17.2 Å². The lowest BCUT2D eigenvalue weighted by Crippen LogP contribution is -2.36. The van der Waals surface area contributed by atoms with E-state index in [1.54, 1.807) is 0 Å². The predicted molar refractivity (Wildman–Crippen MR) is 155 cm³/mol. The van der Waals surface area contributed by atoms with Crippen LogP contribution in [0.1, 0.15) is 52.7 Å². The van der Waals surface area contributed by atoms with Crippen LogP contribution < -0.4 is 15.5 Å². The van der Waals surface area contributed by atoms with Crippen LogP contribution >= 0.6 is 0 Å². The first-order chi connectivity index (χ1) is 18.5. The van der Waals surface area contributed by atoms with Crippen molar-refractivity contribution in [1.29, 1.82) is 0 Å². The number of benzene rings is 3. The molecule has 0 aliphatic carbocycles. The highest BCUT2D eigenvalue weighted by atomic mass is 16.2. The van der Waals surface area contributed by atoms with Gasteiger partial charge in [-0.2, -0.15) is 0 Å². The van der Waals surface area contributed by atoms with Gasteiger partial charge in [-0.05, 0) is 87.3 Å². The summed E-state index contributed by atoms with van der Waals surface area (Å²) in [5.74, 6) is 0.712. The van der Waals surface area contributed by atoms with Crippen LogP contribution in [-0.4, -0.2) is 43.0 Å². The van der Waals surface area contributed by atoms with Crippen molar-refractivity contribution < 1.29 is 9.59 Å². The molecule has 38 heavy (non-hydrogen) atoms. The first-order valence-electron chi connectivity index (χ1n) is 13.8. The van der Waals surface area contributed by atoms with Crippen molar-refractivity contribution in [2.75, 3.05) is 41.7 Å². The van der Waals surface area contributed by atoms with E-state index < -0.39 is 0 Å². The van der Waals surface area contributed by atoms with E-state index in [-0.39, 0.29) is 11.9 Å². The highest BCUT2D eigenvalue weighted by Gasteiger charge is 2.27. The van der Waals surface area contributed by atoms with Crippen molar-refractivity contribution in [3.8, 4) is 0 Å². The smallest absolute Gasteiger partial charge is 0.323 e. The number of anilines is 3. The number of carbonyl (C=O) groups excluding carboxylic acids is 2. The molecule has 5 rings (SSSR count). The van der Waals surface area contributed by atoms with Gasteiger partial charge in [-0.1, -0.05) is 48.0 Å². The number of urea groups is 1. The molecule has 0 atom stereocenters. The Morgan fingerprint density at radius 2 is 1.58 bits per heavy atom. The topological polar surface area (TPSA) is 64.7 Å². The second kappa shape index (κ2) is 11.7. The number of carbonyl (C=O) groups is 2. The molecular formula is C32H38N4O2. The summed E-state index contributed by atoms with van der Waals surface area (Å²) in [7, 11) is 0. The Morgan fingerprint density at radius 3 is 2.29 bits per heavy atom. The van der Waals surface area contributed by atoms with Gasteiger partial charge in [-0.25, -0.2) is 4.79 Å². The van der Waals surface area contributed by atoms with Gasteiger partial charge in [0.05, 0.1) is 5.56 Å². The SMILES string of the molecule is Cc1ccc(NC(=O)Nc2ccc(N3CCC(Cc4ccccc4)CC3)c(C(=O)N3CCCC3)c2)c(C)c1. The van der Waals surface area contributed by atoms with Gasteiger partial charge in [0.25, 0.3) is 5.91 Å². The lowest BCUT2D eigenvalue weighted by atomic mass is 9.89. The van der Waals surface area contributed by atoms with Crippen LogP contribution in [0.25, 0.3) is 0 Å². The zero-order valence-corrected chi connectivity index (χ0v) is 22.5. The van der Waals surface area contributed by atoms with Gasteiger partial charge in [0, 0.05) is 43.2 Å². The minimum Gasteiger partial charge on any atom is -0.371 e. The quantitative estimate of drug-likeness (QED) is 0.391. The molecule has 6 heteroatoms. The molecule has 2 saturated heterocycles. The summed E-state index contributed by atoms with van der Waals surface area (Å²) in [6.45, 7) is 7.45. The van der Waals surface area contributed by atoms with Crippen LogP contribution in [0.2, 0.25) is 0 Å². The Labute approximate surface area is 226 Å². The van der Waals surface area contributed by atoms with E-state index in [1.807, 2.05) is 55.1 Å². The number of hydrogen-bond donors (Lipinski definition) is 2. The molecule has 0 spiro atoms. The predicted octanol–water partition coefficient (Wildman–Crippen LogP) is 6.64. The minimum atomic E-state index is -0.314. The third kappa shape index (κ3) is 6.18. The van der Waals surface area contributed by atoms with Gasteiger partial charge >= 0.3 is 6.03 Å². The first kappa shape index (κ1) is 25.8. The highest BCUT2D eigenvalue weighted by molar-refractivity contribution is 6.04. The molecule has 2 N–H and O–H groups in total. The number of piperidine rings is 1. The van der Waals surface area contributed by atoms with Gasteiger partial charge in [0.1, 0.15) is 0 Å². The number of likely N-dealkylation sites (tertiary alicyclic amines) is 1. The largest absolute Gasteiger partial charge is 0.371 e. The number of aryl methyl sites for hydroxylation is 2. The summed E-state index contributed by atoms with van der Waals surface area (Å²) in [6, 6.07) is 22.1. The monoisotopic (exact) mass is 510 g/mol. The maximum absolute atomic E-state index is 13.6. The molecule has 0 bridgehead atoms. The maximum Gasteiger partial charge on any atom is 0.323 e. The molecule has 2 fully saturated rings. The number of nitrogens with zero attached hydrogens (tertiary/aromatic N) is 2. The molecule has 6 nitrogen and oxygen atoms in total. The lowest BCUT2D eigenvalue weighted by Gasteiger charge is -2.35. The molecular weight excluding hydrogens is 472 g/mol. The van der Waals surface area contributed by atoms with Gasteiger partial charge in [-0.15, -0.1) is 0 Å². The van der Waals surface area contributed by atoms with E-state index in [9.17, 15) is 9.59 Å². The normalized spacial score (nSPS) is 15.9. The molecule has 2 aliphatic heterocycles. The minimum absolute atomic E-state index is 0.0577. The van der Waals surface area contributed by atoms with Gasteiger partial charge < -0.3 is 20.4 Å². The summed E-state index contributed by atoms with van der Waals surface area (Å²) < 4.78 is 0. The Balaban J connectivity index is 1.30.